The Hall–Kier alpha value is -4.53. The number of rotatable bonds is 7. The van der Waals surface area contributed by atoms with Crippen molar-refractivity contribution in [2.75, 3.05) is 5.32 Å². The van der Waals surface area contributed by atoms with Crippen molar-refractivity contribution in [1.29, 1.82) is 0 Å². The number of H-pyrrole nitrogens is 1. The van der Waals surface area contributed by atoms with E-state index in [2.05, 4.69) is 32.6 Å². The molecular weight excluding hydrogens is 454 g/mol. The van der Waals surface area contributed by atoms with E-state index >= 15 is 0 Å². The summed E-state index contributed by atoms with van der Waals surface area (Å²) >= 11 is 0. The summed E-state index contributed by atoms with van der Waals surface area (Å²) in [5, 5.41) is 12.2. The van der Waals surface area contributed by atoms with Crippen LogP contribution in [-0.2, 0) is 11.2 Å². The zero-order chi connectivity index (χ0) is 25.2. The van der Waals surface area contributed by atoms with Gasteiger partial charge in [0, 0.05) is 12.5 Å². The first-order chi connectivity index (χ1) is 17.4. The number of amides is 1. The lowest BCUT2D eigenvalue weighted by molar-refractivity contribution is -0.116. The third kappa shape index (κ3) is 4.55. The van der Waals surface area contributed by atoms with Crippen LogP contribution in [0.15, 0.2) is 65.6 Å². The van der Waals surface area contributed by atoms with Crippen molar-refractivity contribution >= 4 is 22.8 Å². The van der Waals surface area contributed by atoms with E-state index in [1.54, 1.807) is 10.7 Å². The van der Waals surface area contributed by atoms with Gasteiger partial charge in [-0.3, -0.25) is 14.6 Å². The van der Waals surface area contributed by atoms with Crippen molar-refractivity contribution < 1.29 is 4.79 Å². The number of aromatic nitrogens is 6. The minimum atomic E-state index is -0.333. The second-order valence-electron chi connectivity index (χ2n) is 8.87. The Morgan fingerprint density at radius 2 is 1.83 bits per heavy atom. The molecule has 9 heteroatoms. The molecule has 0 aliphatic carbocycles. The van der Waals surface area contributed by atoms with E-state index in [1.165, 1.54) is 16.4 Å². The van der Waals surface area contributed by atoms with E-state index in [1.807, 2.05) is 57.2 Å². The van der Waals surface area contributed by atoms with Gasteiger partial charge in [-0.15, -0.1) is 0 Å². The van der Waals surface area contributed by atoms with E-state index in [0.29, 0.717) is 29.0 Å². The Kier molecular flexibility index (Phi) is 6.20. The number of hydrogen-bond acceptors (Lipinski definition) is 5. The maximum atomic E-state index is 12.9. The first-order valence-corrected chi connectivity index (χ1v) is 11.9. The number of nitrogens with zero attached hydrogens (tertiary/aromatic N) is 5. The van der Waals surface area contributed by atoms with Crippen molar-refractivity contribution in [2.24, 2.45) is 0 Å². The molecule has 2 aromatic carbocycles. The van der Waals surface area contributed by atoms with Gasteiger partial charge in [-0.1, -0.05) is 42.5 Å². The topological polar surface area (TPSA) is 110 Å². The van der Waals surface area contributed by atoms with Gasteiger partial charge in [0.2, 0.25) is 11.9 Å². The van der Waals surface area contributed by atoms with E-state index in [9.17, 15) is 9.59 Å². The van der Waals surface area contributed by atoms with Crippen molar-refractivity contribution in [3.63, 3.8) is 0 Å². The Labute approximate surface area is 207 Å². The largest absolute Gasteiger partial charge is 0.310 e. The van der Waals surface area contributed by atoms with Crippen molar-refractivity contribution in [3.8, 4) is 11.6 Å². The van der Waals surface area contributed by atoms with Crippen LogP contribution in [0.4, 0.5) is 5.82 Å². The molecule has 0 aliphatic rings. The highest BCUT2D eigenvalue weighted by Crippen LogP contribution is 2.21. The third-order valence-electron chi connectivity index (χ3n) is 6.24. The molecule has 0 fully saturated rings. The minimum Gasteiger partial charge on any atom is -0.310 e. The number of aromatic amines is 1. The molecule has 1 amide bonds. The second-order valence-corrected chi connectivity index (χ2v) is 8.87. The summed E-state index contributed by atoms with van der Waals surface area (Å²) in [4.78, 5) is 33.1. The number of carbonyl (C=O) groups is 1. The number of aryl methyl sites for hydroxylation is 3. The summed E-state index contributed by atoms with van der Waals surface area (Å²) in [5.74, 6) is 0.515. The SMILES string of the molecule is Cc1cc(NC(=O)CCCc2ccccc2)n(-c2nc3c(cnn3-c3cccc(C)c3C)c(=O)[nH]2)n1. The molecule has 0 bridgehead atoms. The molecule has 5 aromatic rings. The quantitative estimate of drug-likeness (QED) is 0.362. The predicted molar refractivity (Wildman–Crippen MR) is 139 cm³/mol. The second kappa shape index (κ2) is 9.61. The summed E-state index contributed by atoms with van der Waals surface area (Å²) in [6, 6.07) is 17.7. The number of carbonyl (C=O) groups excluding carboxylic acids is 1. The van der Waals surface area contributed by atoms with Crippen molar-refractivity contribution in [3.05, 3.63) is 93.5 Å². The van der Waals surface area contributed by atoms with Gasteiger partial charge in [-0.05, 0) is 56.4 Å². The molecule has 0 atom stereocenters. The Balaban J connectivity index is 1.44. The van der Waals surface area contributed by atoms with Crippen LogP contribution < -0.4 is 10.9 Å². The van der Waals surface area contributed by atoms with Gasteiger partial charge in [0.05, 0.1) is 17.6 Å². The standard InChI is InChI=1S/C27H27N7O2/c1-17-9-7-13-22(19(17)3)33-25-21(16-28-33)26(36)31-27(30-25)34-23(15-18(2)32-34)29-24(35)14-8-12-20-10-5-4-6-11-20/h4-7,9-11,13,15-16H,8,12,14H2,1-3H3,(H,29,35)(H,30,31,36). The molecule has 0 saturated heterocycles. The van der Waals surface area contributed by atoms with E-state index in [4.69, 9.17) is 4.98 Å². The Bertz CT molecular complexity index is 1610. The average molecular weight is 482 g/mol. The fourth-order valence-corrected chi connectivity index (χ4v) is 4.20. The van der Waals surface area contributed by atoms with E-state index in [-0.39, 0.29) is 17.4 Å². The van der Waals surface area contributed by atoms with Gasteiger partial charge < -0.3 is 5.32 Å². The zero-order valence-electron chi connectivity index (χ0n) is 20.4. The lowest BCUT2D eigenvalue weighted by Crippen LogP contribution is -2.19. The first kappa shape index (κ1) is 23.2. The molecule has 5 rings (SSSR count). The molecule has 9 nitrogen and oxygen atoms in total. The molecule has 182 valence electrons. The average Bonchev–Trinajstić information content (AvgIpc) is 3.45. The molecular formula is C27H27N7O2. The Morgan fingerprint density at radius 1 is 1.03 bits per heavy atom. The van der Waals surface area contributed by atoms with Gasteiger partial charge in [0.1, 0.15) is 11.2 Å². The fourth-order valence-electron chi connectivity index (χ4n) is 4.20. The van der Waals surface area contributed by atoms with Crippen LogP contribution >= 0.6 is 0 Å². The maximum Gasteiger partial charge on any atom is 0.263 e. The van der Waals surface area contributed by atoms with Crippen LogP contribution in [0.1, 0.15) is 35.2 Å². The molecule has 3 aromatic heterocycles. The molecule has 0 spiro atoms. The van der Waals surface area contributed by atoms with Gasteiger partial charge in [-0.2, -0.15) is 19.9 Å². The molecule has 0 saturated carbocycles. The van der Waals surface area contributed by atoms with Crippen LogP contribution in [0.2, 0.25) is 0 Å². The molecule has 3 heterocycles. The fraction of sp³-hybridized carbons (Fsp3) is 0.222. The van der Waals surface area contributed by atoms with Crippen molar-refractivity contribution in [2.45, 2.75) is 40.0 Å². The Morgan fingerprint density at radius 3 is 2.64 bits per heavy atom. The van der Waals surface area contributed by atoms with Gasteiger partial charge in [-0.25, -0.2) is 4.68 Å². The maximum absolute atomic E-state index is 12.9. The third-order valence-corrected chi connectivity index (χ3v) is 6.24. The predicted octanol–water partition coefficient (Wildman–Crippen LogP) is 4.18. The lowest BCUT2D eigenvalue weighted by atomic mass is 10.1. The summed E-state index contributed by atoms with van der Waals surface area (Å²) in [6.07, 6.45) is 3.41. The number of benzene rings is 2. The highest BCUT2D eigenvalue weighted by molar-refractivity contribution is 5.90. The van der Waals surface area contributed by atoms with E-state index in [0.717, 1.165) is 29.7 Å². The first-order valence-electron chi connectivity index (χ1n) is 11.9. The van der Waals surface area contributed by atoms with Gasteiger partial charge in [0.15, 0.2) is 5.65 Å². The molecule has 0 aliphatic heterocycles. The number of anilines is 1. The lowest BCUT2D eigenvalue weighted by Gasteiger charge is -2.11. The molecule has 36 heavy (non-hydrogen) atoms. The highest BCUT2D eigenvalue weighted by atomic mass is 16.1. The monoisotopic (exact) mass is 481 g/mol. The van der Waals surface area contributed by atoms with Gasteiger partial charge in [0.25, 0.3) is 5.56 Å². The van der Waals surface area contributed by atoms with Crippen LogP contribution in [0, 0.1) is 20.8 Å². The number of fused-ring (bicyclic) bond motifs is 1. The number of hydrogen-bond donors (Lipinski definition) is 2. The highest BCUT2D eigenvalue weighted by Gasteiger charge is 2.17. The number of nitrogens with one attached hydrogen (secondary N) is 2. The van der Waals surface area contributed by atoms with Crippen LogP contribution in [0.25, 0.3) is 22.7 Å². The van der Waals surface area contributed by atoms with Crippen LogP contribution in [0.5, 0.6) is 0 Å². The van der Waals surface area contributed by atoms with Crippen LogP contribution in [-0.4, -0.2) is 35.4 Å². The van der Waals surface area contributed by atoms with E-state index < -0.39 is 0 Å². The minimum absolute atomic E-state index is 0.129. The zero-order valence-corrected chi connectivity index (χ0v) is 20.4. The summed E-state index contributed by atoms with van der Waals surface area (Å²) < 4.78 is 3.11. The van der Waals surface area contributed by atoms with Crippen LogP contribution in [0.3, 0.4) is 0 Å². The normalized spacial score (nSPS) is 11.2. The molecule has 0 unspecified atom stereocenters. The van der Waals surface area contributed by atoms with Gasteiger partial charge >= 0.3 is 0 Å². The molecule has 0 radical (unpaired) electrons. The van der Waals surface area contributed by atoms with Crippen molar-refractivity contribution in [1.82, 2.24) is 29.5 Å². The smallest absolute Gasteiger partial charge is 0.263 e. The summed E-state index contributed by atoms with van der Waals surface area (Å²) in [5.41, 5.74) is 4.96. The molecule has 2 N–H and O–H groups in total. The summed E-state index contributed by atoms with van der Waals surface area (Å²) in [6.45, 7) is 5.85. The summed E-state index contributed by atoms with van der Waals surface area (Å²) in [7, 11) is 0.